The van der Waals surface area contributed by atoms with E-state index in [1.807, 2.05) is 6.92 Å². The normalized spacial score (nSPS) is 47.2. The van der Waals surface area contributed by atoms with Crippen molar-refractivity contribution in [3.8, 4) is 0 Å². The highest BCUT2D eigenvalue weighted by atomic mass is 16.6. The van der Waals surface area contributed by atoms with E-state index in [0.717, 1.165) is 38.0 Å². The van der Waals surface area contributed by atoms with Crippen LogP contribution in [0.1, 0.15) is 52.4 Å². The number of carbonyl (C=O) groups excluding carboxylic acids is 1. The van der Waals surface area contributed by atoms with Gasteiger partial charge >= 0.3 is 5.97 Å². The van der Waals surface area contributed by atoms with Crippen LogP contribution in [0.3, 0.4) is 0 Å². The van der Waals surface area contributed by atoms with Crippen LogP contribution < -0.4 is 0 Å². The lowest BCUT2D eigenvalue weighted by Crippen LogP contribution is -2.40. The summed E-state index contributed by atoms with van der Waals surface area (Å²) in [5, 5.41) is 10.6. The third-order valence-electron chi connectivity index (χ3n) is 6.76. The molecule has 0 radical (unpaired) electrons. The molecule has 0 saturated carbocycles. The fraction of sp³-hybridized carbons (Fsp3) is 0.850. The Morgan fingerprint density at radius 2 is 2.08 bits per heavy atom. The fourth-order valence-corrected chi connectivity index (χ4v) is 4.97. The van der Waals surface area contributed by atoms with Gasteiger partial charge in [-0.25, -0.2) is 0 Å². The summed E-state index contributed by atoms with van der Waals surface area (Å²) in [4.78, 5) is 15.1. The SMILES string of the molecule is C/C1=C\CC[C@]2(C)O[C@H]2[C@@H]2OC(=O)[C@H](CN3CCCCC3)[C@H]2C[C@@H]1O. The van der Waals surface area contributed by atoms with E-state index in [1.54, 1.807) is 0 Å². The molecular formula is C20H31NO4. The highest BCUT2D eigenvalue weighted by Crippen LogP contribution is 2.50. The first kappa shape index (κ1) is 17.5. The van der Waals surface area contributed by atoms with Gasteiger partial charge in [0.2, 0.25) is 0 Å². The first-order valence-electron chi connectivity index (χ1n) is 9.93. The van der Waals surface area contributed by atoms with Crippen molar-refractivity contribution >= 4 is 5.97 Å². The molecule has 3 aliphatic heterocycles. The van der Waals surface area contributed by atoms with E-state index in [4.69, 9.17) is 9.47 Å². The molecule has 0 unspecified atom stereocenters. The van der Waals surface area contributed by atoms with Gasteiger partial charge < -0.3 is 19.5 Å². The van der Waals surface area contributed by atoms with E-state index in [2.05, 4.69) is 17.9 Å². The van der Waals surface area contributed by atoms with Gasteiger partial charge in [0.15, 0.2) is 0 Å². The molecule has 0 aromatic carbocycles. The molecule has 4 aliphatic rings. The number of hydrogen-bond acceptors (Lipinski definition) is 5. The van der Waals surface area contributed by atoms with Crippen molar-refractivity contribution in [2.45, 2.75) is 76.3 Å². The van der Waals surface area contributed by atoms with Gasteiger partial charge in [-0.2, -0.15) is 0 Å². The van der Waals surface area contributed by atoms with Gasteiger partial charge in [-0.05, 0) is 64.6 Å². The van der Waals surface area contributed by atoms with Crippen LogP contribution in [0.2, 0.25) is 0 Å². The van der Waals surface area contributed by atoms with E-state index in [1.165, 1.54) is 19.3 Å². The quantitative estimate of drug-likeness (QED) is 0.471. The van der Waals surface area contributed by atoms with Crippen LogP contribution in [-0.2, 0) is 14.3 Å². The fourth-order valence-electron chi connectivity index (χ4n) is 4.97. The first-order valence-corrected chi connectivity index (χ1v) is 9.93. The lowest BCUT2D eigenvalue weighted by molar-refractivity contribution is -0.145. The maximum atomic E-state index is 12.7. The maximum Gasteiger partial charge on any atom is 0.311 e. The van der Waals surface area contributed by atoms with Gasteiger partial charge in [0.05, 0.1) is 17.6 Å². The molecule has 3 saturated heterocycles. The molecule has 6 atom stereocenters. The molecule has 0 spiro atoms. The van der Waals surface area contributed by atoms with Crippen LogP contribution in [0, 0.1) is 11.8 Å². The molecule has 0 aromatic rings. The Morgan fingerprint density at radius 3 is 2.84 bits per heavy atom. The van der Waals surface area contributed by atoms with E-state index in [-0.39, 0.29) is 35.6 Å². The van der Waals surface area contributed by atoms with Gasteiger partial charge in [0, 0.05) is 12.5 Å². The van der Waals surface area contributed by atoms with Gasteiger partial charge in [-0.15, -0.1) is 0 Å². The van der Waals surface area contributed by atoms with Gasteiger partial charge in [0.25, 0.3) is 0 Å². The summed E-state index contributed by atoms with van der Waals surface area (Å²) in [6.07, 6.45) is 7.55. The number of ether oxygens (including phenoxy) is 2. The van der Waals surface area contributed by atoms with Crippen molar-refractivity contribution in [1.82, 2.24) is 4.90 Å². The van der Waals surface area contributed by atoms with E-state index < -0.39 is 6.10 Å². The van der Waals surface area contributed by atoms with Gasteiger partial charge in [-0.1, -0.05) is 12.5 Å². The summed E-state index contributed by atoms with van der Waals surface area (Å²) in [7, 11) is 0. The molecular weight excluding hydrogens is 318 g/mol. The molecule has 25 heavy (non-hydrogen) atoms. The average Bonchev–Trinajstić information content (AvgIpc) is 3.17. The zero-order valence-electron chi connectivity index (χ0n) is 15.4. The van der Waals surface area contributed by atoms with E-state index >= 15 is 0 Å². The predicted octanol–water partition coefficient (Wildman–Crippen LogP) is 2.28. The Balaban J connectivity index is 1.55. The largest absolute Gasteiger partial charge is 0.459 e. The van der Waals surface area contributed by atoms with Crippen molar-refractivity contribution in [1.29, 1.82) is 0 Å². The number of esters is 1. The summed E-state index contributed by atoms with van der Waals surface area (Å²) in [6.45, 7) is 7.02. The average molecular weight is 349 g/mol. The molecule has 4 rings (SSSR count). The second kappa shape index (κ2) is 6.67. The number of aliphatic hydroxyl groups is 1. The summed E-state index contributed by atoms with van der Waals surface area (Å²) in [5.41, 5.74) is 0.833. The lowest BCUT2D eigenvalue weighted by Gasteiger charge is -2.31. The minimum Gasteiger partial charge on any atom is -0.459 e. The molecule has 0 aromatic heterocycles. The third kappa shape index (κ3) is 3.38. The molecule has 1 N–H and O–H groups in total. The molecule has 3 heterocycles. The Labute approximate surface area is 150 Å². The molecule has 5 nitrogen and oxygen atoms in total. The summed E-state index contributed by atoms with van der Waals surface area (Å²) >= 11 is 0. The minimum atomic E-state index is -0.492. The van der Waals surface area contributed by atoms with Crippen LogP contribution in [0.4, 0.5) is 0 Å². The second-order valence-corrected chi connectivity index (χ2v) is 8.62. The molecule has 140 valence electrons. The van der Waals surface area contributed by atoms with Crippen LogP contribution in [-0.4, -0.2) is 59.5 Å². The standard InChI is InChI=1S/C20H31NO4/c1-13-7-6-8-20(2)18(25-20)17-14(11-16(13)22)15(19(23)24-17)12-21-9-4-3-5-10-21/h7,14-18,22H,3-6,8-12H2,1-2H3/b13-7+/t14-,15-,16+,17-,18+,20+/m1/s1. The Morgan fingerprint density at radius 1 is 1.32 bits per heavy atom. The summed E-state index contributed by atoms with van der Waals surface area (Å²) in [6, 6.07) is 0. The number of hydrogen-bond donors (Lipinski definition) is 1. The van der Waals surface area contributed by atoms with Crippen LogP contribution in [0.25, 0.3) is 0 Å². The van der Waals surface area contributed by atoms with Gasteiger partial charge in [0.1, 0.15) is 12.2 Å². The number of allylic oxidation sites excluding steroid dienone is 1. The smallest absolute Gasteiger partial charge is 0.311 e. The topological polar surface area (TPSA) is 62.3 Å². The minimum absolute atomic E-state index is 0.00758. The predicted molar refractivity (Wildman–Crippen MR) is 94.0 cm³/mol. The Bertz CT molecular complexity index is 556. The lowest BCUT2D eigenvalue weighted by atomic mass is 9.79. The molecule has 5 heteroatoms. The molecule has 3 fully saturated rings. The number of piperidine rings is 1. The van der Waals surface area contributed by atoms with E-state index in [0.29, 0.717) is 6.42 Å². The number of aliphatic hydroxyl groups excluding tert-OH is 1. The number of nitrogens with zero attached hydrogens (tertiary/aromatic N) is 1. The van der Waals surface area contributed by atoms with Crippen molar-refractivity contribution in [3.05, 3.63) is 11.6 Å². The monoisotopic (exact) mass is 349 g/mol. The van der Waals surface area contributed by atoms with Crippen molar-refractivity contribution in [2.75, 3.05) is 19.6 Å². The summed E-state index contributed by atoms with van der Waals surface area (Å²) in [5.74, 6) is -0.192. The van der Waals surface area contributed by atoms with Crippen LogP contribution >= 0.6 is 0 Å². The zero-order chi connectivity index (χ0) is 17.6. The number of rotatable bonds is 2. The Hall–Kier alpha value is -0.910. The van der Waals surface area contributed by atoms with E-state index in [9.17, 15) is 9.90 Å². The highest BCUT2D eigenvalue weighted by molar-refractivity contribution is 5.76. The van der Waals surface area contributed by atoms with Gasteiger partial charge in [-0.3, -0.25) is 4.79 Å². The molecule has 0 bridgehead atoms. The zero-order valence-corrected chi connectivity index (χ0v) is 15.4. The van der Waals surface area contributed by atoms with Crippen LogP contribution in [0.15, 0.2) is 11.6 Å². The number of fused-ring (bicyclic) bond motifs is 3. The molecule has 0 amide bonds. The van der Waals surface area contributed by atoms with Crippen molar-refractivity contribution in [2.24, 2.45) is 11.8 Å². The molecule has 1 aliphatic carbocycles. The maximum absolute atomic E-state index is 12.7. The third-order valence-corrected chi connectivity index (χ3v) is 6.76. The number of likely N-dealkylation sites (tertiary alicyclic amines) is 1. The Kier molecular flexibility index (Phi) is 4.67. The highest BCUT2D eigenvalue weighted by Gasteiger charge is 2.63. The number of epoxide rings is 1. The number of carbonyl (C=O) groups is 1. The second-order valence-electron chi connectivity index (χ2n) is 8.62. The van der Waals surface area contributed by atoms with Crippen LogP contribution in [0.5, 0.6) is 0 Å². The first-order chi connectivity index (χ1) is 12.0. The summed E-state index contributed by atoms with van der Waals surface area (Å²) < 4.78 is 11.8. The van der Waals surface area contributed by atoms with Crippen molar-refractivity contribution in [3.63, 3.8) is 0 Å². The van der Waals surface area contributed by atoms with Crippen molar-refractivity contribution < 1.29 is 19.4 Å².